The summed E-state index contributed by atoms with van der Waals surface area (Å²) >= 11 is 1.41. The molecule has 0 fully saturated rings. The molecule has 9 heteroatoms. The number of anilines is 1. The molecule has 0 saturated carbocycles. The van der Waals surface area contributed by atoms with E-state index in [1.165, 1.54) is 11.8 Å². The number of H-pyrrole nitrogens is 1. The van der Waals surface area contributed by atoms with Crippen molar-refractivity contribution in [2.75, 3.05) is 5.32 Å². The fraction of sp³-hybridized carbons (Fsp3) is 0.227. The van der Waals surface area contributed by atoms with E-state index in [0.29, 0.717) is 34.9 Å². The van der Waals surface area contributed by atoms with Crippen LogP contribution >= 0.6 is 11.8 Å². The molecule has 0 bridgehead atoms. The Labute approximate surface area is 183 Å². The Morgan fingerprint density at radius 3 is 2.81 bits per heavy atom. The van der Waals surface area contributed by atoms with Crippen LogP contribution in [0.4, 0.5) is 5.69 Å². The Kier molecular flexibility index (Phi) is 6.42. The lowest BCUT2D eigenvalue weighted by Crippen LogP contribution is -2.13. The summed E-state index contributed by atoms with van der Waals surface area (Å²) in [5.74, 6) is 2.08. The standard InChI is InChI=1S/C22H22N6O2S/c1-14-8-9-15(2)17(12-14)23-19(29)10-11-20-24-18(28-30-20)13-31-22-25-21(26-27-22)16-6-4-3-5-7-16/h3-9,12H,10-11,13H2,1-2H3,(H,23,29)(H,25,26,27). The molecule has 0 radical (unpaired) electrons. The number of amides is 1. The van der Waals surface area contributed by atoms with Gasteiger partial charge in [-0.25, -0.2) is 4.98 Å². The van der Waals surface area contributed by atoms with Crippen molar-refractivity contribution in [3.05, 3.63) is 71.4 Å². The van der Waals surface area contributed by atoms with E-state index in [0.717, 1.165) is 22.4 Å². The number of nitrogens with one attached hydrogen (secondary N) is 2. The number of carbonyl (C=O) groups excluding carboxylic acids is 1. The number of rotatable bonds is 8. The maximum absolute atomic E-state index is 12.3. The molecule has 4 aromatic rings. The quantitative estimate of drug-likeness (QED) is 0.397. The van der Waals surface area contributed by atoms with Crippen molar-refractivity contribution < 1.29 is 9.32 Å². The number of thioether (sulfide) groups is 1. The van der Waals surface area contributed by atoms with Gasteiger partial charge in [0.1, 0.15) is 0 Å². The van der Waals surface area contributed by atoms with Crippen molar-refractivity contribution in [2.45, 2.75) is 37.6 Å². The van der Waals surface area contributed by atoms with E-state index in [1.807, 2.05) is 62.4 Å². The molecule has 2 N–H and O–H groups in total. The molecule has 4 rings (SSSR count). The molecule has 0 atom stereocenters. The maximum atomic E-state index is 12.3. The molecule has 0 aliphatic rings. The van der Waals surface area contributed by atoms with Gasteiger partial charge in [0.2, 0.25) is 17.0 Å². The first-order valence-electron chi connectivity index (χ1n) is 9.86. The zero-order valence-corrected chi connectivity index (χ0v) is 18.1. The van der Waals surface area contributed by atoms with E-state index in [-0.39, 0.29) is 12.3 Å². The summed E-state index contributed by atoms with van der Waals surface area (Å²) < 4.78 is 5.27. The minimum atomic E-state index is -0.0861. The molecule has 2 aromatic heterocycles. The normalized spacial score (nSPS) is 10.9. The first kappa shape index (κ1) is 20.8. The van der Waals surface area contributed by atoms with Crippen LogP contribution in [-0.4, -0.2) is 31.2 Å². The molecule has 8 nitrogen and oxygen atoms in total. The van der Waals surface area contributed by atoms with E-state index in [9.17, 15) is 4.79 Å². The zero-order valence-electron chi connectivity index (χ0n) is 17.3. The van der Waals surface area contributed by atoms with Crippen LogP contribution in [0.25, 0.3) is 11.4 Å². The van der Waals surface area contributed by atoms with Gasteiger partial charge in [0, 0.05) is 24.1 Å². The van der Waals surface area contributed by atoms with Gasteiger partial charge in [0.05, 0.1) is 5.75 Å². The van der Waals surface area contributed by atoms with Crippen molar-refractivity contribution in [1.29, 1.82) is 0 Å². The smallest absolute Gasteiger partial charge is 0.227 e. The fourth-order valence-corrected chi connectivity index (χ4v) is 3.56. The lowest BCUT2D eigenvalue weighted by molar-refractivity contribution is -0.116. The molecule has 158 valence electrons. The second-order valence-electron chi connectivity index (χ2n) is 7.09. The second-order valence-corrected chi connectivity index (χ2v) is 8.03. The zero-order chi connectivity index (χ0) is 21.6. The summed E-state index contributed by atoms with van der Waals surface area (Å²) in [6, 6.07) is 15.8. The van der Waals surface area contributed by atoms with E-state index in [4.69, 9.17) is 4.52 Å². The molecule has 0 unspecified atom stereocenters. The monoisotopic (exact) mass is 434 g/mol. The Morgan fingerprint density at radius 2 is 1.97 bits per heavy atom. The molecule has 0 saturated heterocycles. The van der Waals surface area contributed by atoms with Crippen molar-refractivity contribution in [2.24, 2.45) is 0 Å². The van der Waals surface area contributed by atoms with E-state index < -0.39 is 0 Å². The van der Waals surface area contributed by atoms with Crippen LogP contribution in [0.3, 0.4) is 0 Å². The number of benzene rings is 2. The van der Waals surface area contributed by atoms with Gasteiger partial charge in [-0.1, -0.05) is 59.4 Å². The Balaban J connectivity index is 1.26. The molecule has 0 spiro atoms. The summed E-state index contributed by atoms with van der Waals surface area (Å²) in [4.78, 5) is 21.1. The third kappa shape index (κ3) is 5.58. The number of nitrogens with zero attached hydrogens (tertiary/aromatic N) is 4. The van der Waals surface area contributed by atoms with Crippen molar-refractivity contribution in [3.8, 4) is 11.4 Å². The third-order valence-electron chi connectivity index (χ3n) is 4.59. The average Bonchev–Trinajstić information content (AvgIpc) is 3.43. The first-order valence-corrected chi connectivity index (χ1v) is 10.8. The highest BCUT2D eigenvalue weighted by atomic mass is 32.2. The van der Waals surface area contributed by atoms with Crippen LogP contribution in [0.1, 0.15) is 29.3 Å². The molecule has 2 aromatic carbocycles. The summed E-state index contributed by atoms with van der Waals surface area (Å²) in [7, 11) is 0. The van der Waals surface area contributed by atoms with Gasteiger partial charge in [-0.2, -0.15) is 4.98 Å². The lowest BCUT2D eigenvalue weighted by atomic mass is 10.1. The van der Waals surface area contributed by atoms with Crippen molar-refractivity contribution in [3.63, 3.8) is 0 Å². The molecule has 2 heterocycles. The summed E-state index contributed by atoms with van der Waals surface area (Å²) in [6.45, 7) is 3.96. The number of carbonyl (C=O) groups is 1. The predicted molar refractivity (Wildman–Crippen MR) is 119 cm³/mol. The van der Waals surface area contributed by atoms with Gasteiger partial charge in [-0.15, -0.1) is 5.10 Å². The fourth-order valence-electron chi connectivity index (χ4n) is 2.92. The van der Waals surface area contributed by atoms with Crippen molar-refractivity contribution >= 4 is 23.4 Å². The SMILES string of the molecule is Cc1ccc(C)c(NC(=O)CCc2nc(CSc3n[nH]c(-c4ccccc4)n3)no2)c1. The van der Waals surface area contributed by atoms with Gasteiger partial charge in [0.15, 0.2) is 11.6 Å². The van der Waals surface area contributed by atoms with E-state index in [1.54, 1.807) is 0 Å². The van der Waals surface area contributed by atoms with Crippen LogP contribution in [0.2, 0.25) is 0 Å². The van der Waals surface area contributed by atoms with Crippen molar-refractivity contribution in [1.82, 2.24) is 25.3 Å². The number of aromatic nitrogens is 5. The van der Waals surface area contributed by atoms with E-state index in [2.05, 4.69) is 30.6 Å². The number of aryl methyl sites for hydroxylation is 3. The molecule has 1 amide bonds. The van der Waals surface area contributed by atoms with Crippen LogP contribution in [-0.2, 0) is 17.0 Å². The molecule has 0 aliphatic heterocycles. The van der Waals surface area contributed by atoms with Gasteiger partial charge in [-0.3, -0.25) is 9.89 Å². The van der Waals surface area contributed by atoms with Crippen LogP contribution in [0, 0.1) is 13.8 Å². The summed E-state index contributed by atoms with van der Waals surface area (Å²) in [6.07, 6.45) is 0.649. The van der Waals surface area contributed by atoms with Gasteiger partial charge >= 0.3 is 0 Å². The Morgan fingerprint density at radius 1 is 1.13 bits per heavy atom. The average molecular weight is 435 g/mol. The van der Waals surface area contributed by atoms with Gasteiger partial charge in [-0.05, 0) is 31.0 Å². The first-order chi connectivity index (χ1) is 15.1. The Hall–Kier alpha value is -3.46. The van der Waals surface area contributed by atoms with Gasteiger partial charge in [0.25, 0.3) is 0 Å². The maximum Gasteiger partial charge on any atom is 0.227 e. The van der Waals surface area contributed by atoms with Crippen LogP contribution in [0.5, 0.6) is 0 Å². The highest BCUT2D eigenvalue weighted by Gasteiger charge is 2.12. The topological polar surface area (TPSA) is 110 Å². The number of aromatic amines is 1. The molecule has 31 heavy (non-hydrogen) atoms. The predicted octanol–water partition coefficient (Wildman–Crippen LogP) is 4.34. The minimum absolute atomic E-state index is 0.0861. The third-order valence-corrected chi connectivity index (χ3v) is 5.43. The van der Waals surface area contributed by atoms with Crippen LogP contribution in [0.15, 0.2) is 58.2 Å². The summed E-state index contributed by atoms with van der Waals surface area (Å²) in [5.41, 5.74) is 3.93. The lowest BCUT2D eigenvalue weighted by Gasteiger charge is -2.08. The Bertz CT molecular complexity index is 1170. The number of hydrogen-bond acceptors (Lipinski definition) is 7. The molecular weight excluding hydrogens is 412 g/mol. The molecular formula is C22H22N6O2S. The van der Waals surface area contributed by atoms with Crippen LogP contribution < -0.4 is 5.32 Å². The second kappa shape index (κ2) is 9.57. The molecule has 0 aliphatic carbocycles. The number of hydrogen-bond donors (Lipinski definition) is 2. The summed E-state index contributed by atoms with van der Waals surface area (Å²) in [5, 5.41) is 14.7. The highest BCUT2D eigenvalue weighted by molar-refractivity contribution is 7.98. The largest absolute Gasteiger partial charge is 0.339 e. The van der Waals surface area contributed by atoms with Gasteiger partial charge < -0.3 is 9.84 Å². The minimum Gasteiger partial charge on any atom is -0.339 e. The van der Waals surface area contributed by atoms with E-state index >= 15 is 0 Å². The highest BCUT2D eigenvalue weighted by Crippen LogP contribution is 2.21.